The summed E-state index contributed by atoms with van der Waals surface area (Å²) in [6.07, 6.45) is 5.53. The number of hydrogen-bond acceptors (Lipinski definition) is 1. The predicted octanol–water partition coefficient (Wildman–Crippen LogP) is 3.83. The maximum Gasteiger partial charge on any atom is 0.130 e. The van der Waals surface area contributed by atoms with Gasteiger partial charge in [-0.25, -0.2) is 4.39 Å². The van der Waals surface area contributed by atoms with Crippen LogP contribution in [0.1, 0.15) is 43.7 Å². The average molecular weight is 246 g/mol. The molecule has 0 saturated heterocycles. The lowest BCUT2D eigenvalue weighted by atomic mass is 10.0. The van der Waals surface area contributed by atoms with Crippen molar-refractivity contribution in [2.45, 2.75) is 45.6 Å². The second kappa shape index (κ2) is 8.54. The van der Waals surface area contributed by atoms with Crippen LogP contribution in [0.2, 0.25) is 0 Å². The summed E-state index contributed by atoms with van der Waals surface area (Å²) < 4.78 is 13.7. The van der Waals surface area contributed by atoms with Crippen LogP contribution in [-0.4, -0.2) is 0 Å². The standard InChI is InChI=1S/C13H20FN.ClH/c1-2-3-4-5-7-11-8-6-9-12(10-15)13(11)14;/h6,8-9H,2-5,7,10,15H2,1H3;1H. The Morgan fingerprint density at radius 1 is 1.12 bits per heavy atom. The number of benzene rings is 1. The first kappa shape index (κ1) is 15.4. The summed E-state index contributed by atoms with van der Waals surface area (Å²) in [5, 5.41) is 0. The summed E-state index contributed by atoms with van der Waals surface area (Å²) >= 11 is 0. The van der Waals surface area contributed by atoms with Gasteiger partial charge in [-0.15, -0.1) is 12.4 Å². The first-order chi connectivity index (χ1) is 7.29. The number of unbranched alkanes of at least 4 members (excludes halogenated alkanes) is 3. The molecule has 0 atom stereocenters. The van der Waals surface area contributed by atoms with Gasteiger partial charge < -0.3 is 5.73 Å². The first-order valence-corrected chi connectivity index (χ1v) is 5.76. The molecule has 0 amide bonds. The summed E-state index contributed by atoms with van der Waals surface area (Å²) in [5.74, 6) is -0.100. The molecule has 0 saturated carbocycles. The fourth-order valence-corrected chi connectivity index (χ4v) is 1.73. The molecule has 0 radical (unpaired) electrons. The lowest BCUT2D eigenvalue weighted by molar-refractivity contribution is 0.580. The van der Waals surface area contributed by atoms with Crippen LogP contribution in [0, 0.1) is 5.82 Å². The lowest BCUT2D eigenvalue weighted by Gasteiger charge is -2.06. The molecule has 0 aliphatic rings. The monoisotopic (exact) mass is 245 g/mol. The molecular formula is C13H21ClFN. The molecule has 16 heavy (non-hydrogen) atoms. The average Bonchev–Trinajstić information content (AvgIpc) is 2.26. The summed E-state index contributed by atoms with van der Waals surface area (Å²) in [6.45, 7) is 2.46. The van der Waals surface area contributed by atoms with Crippen molar-refractivity contribution in [3.05, 3.63) is 35.1 Å². The third-order valence-electron chi connectivity index (χ3n) is 2.68. The van der Waals surface area contributed by atoms with Crippen LogP contribution in [0.4, 0.5) is 4.39 Å². The highest BCUT2D eigenvalue weighted by Crippen LogP contribution is 2.15. The summed E-state index contributed by atoms with van der Waals surface area (Å²) in [7, 11) is 0. The molecule has 0 heterocycles. The van der Waals surface area contributed by atoms with E-state index in [2.05, 4.69) is 6.92 Å². The Morgan fingerprint density at radius 2 is 1.81 bits per heavy atom. The summed E-state index contributed by atoms with van der Waals surface area (Å²) in [4.78, 5) is 0. The minimum atomic E-state index is -0.100. The van der Waals surface area contributed by atoms with Gasteiger partial charge in [0.1, 0.15) is 5.82 Å². The SMILES string of the molecule is CCCCCCc1cccc(CN)c1F.Cl. The van der Waals surface area contributed by atoms with Crippen LogP contribution in [0.5, 0.6) is 0 Å². The molecule has 0 spiro atoms. The molecule has 92 valence electrons. The third-order valence-corrected chi connectivity index (χ3v) is 2.68. The number of aryl methyl sites for hydroxylation is 1. The van der Waals surface area contributed by atoms with E-state index in [1.54, 1.807) is 6.07 Å². The normalized spacial score (nSPS) is 9.94. The molecule has 2 N–H and O–H groups in total. The molecule has 3 heteroatoms. The Bertz CT molecular complexity index is 302. The zero-order valence-corrected chi connectivity index (χ0v) is 10.7. The minimum Gasteiger partial charge on any atom is -0.326 e. The summed E-state index contributed by atoms with van der Waals surface area (Å²) in [5.41, 5.74) is 6.90. The smallest absolute Gasteiger partial charge is 0.130 e. The van der Waals surface area contributed by atoms with Gasteiger partial charge >= 0.3 is 0 Å². The van der Waals surface area contributed by atoms with Gasteiger partial charge in [-0.3, -0.25) is 0 Å². The maximum atomic E-state index is 13.7. The molecule has 0 fully saturated rings. The minimum absolute atomic E-state index is 0. The Morgan fingerprint density at radius 3 is 2.44 bits per heavy atom. The van der Waals surface area contributed by atoms with E-state index in [9.17, 15) is 4.39 Å². The molecule has 0 aliphatic carbocycles. The largest absolute Gasteiger partial charge is 0.326 e. The van der Waals surface area contributed by atoms with Crippen LogP contribution in [-0.2, 0) is 13.0 Å². The predicted molar refractivity (Wildman–Crippen MR) is 69.4 cm³/mol. The molecule has 1 nitrogen and oxygen atoms in total. The summed E-state index contributed by atoms with van der Waals surface area (Å²) in [6, 6.07) is 5.51. The first-order valence-electron chi connectivity index (χ1n) is 5.76. The fraction of sp³-hybridized carbons (Fsp3) is 0.538. The number of hydrogen-bond donors (Lipinski definition) is 1. The van der Waals surface area contributed by atoms with Gasteiger partial charge in [0.05, 0.1) is 0 Å². The Labute approximate surface area is 104 Å². The van der Waals surface area contributed by atoms with E-state index < -0.39 is 0 Å². The van der Waals surface area contributed by atoms with E-state index in [0.717, 1.165) is 18.4 Å². The second-order valence-electron chi connectivity index (χ2n) is 3.91. The van der Waals surface area contributed by atoms with Crippen molar-refractivity contribution in [3.8, 4) is 0 Å². The number of rotatable bonds is 6. The van der Waals surface area contributed by atoms with E-state index in [1.165, 1.54) is 19.3 Å². The van der Waals surface area contributed by atoms with E-state index >= 15 is 0 Å². The molecule has 1 rings (SSSR count). The van der Waals surface area contributed by atoms with E-state index in [0.29, 0.717) is 5.56 Å². The molecule has 0 aromatic heterocycles. The Hall–Kier alpha value is -0.600. The van der Waals surface area contributed by atoms with Gasteiger partial charge in [-0.2, -0.15) is 0 Å². The van der Waals surface area contributed by atoms with Gasteiger partial charge in [0.2, 0.25) is 0 Å². The van der Waals surface area contributed by atoms with Crippen molar-refractivity contribution in [1.82, 2.24) is 0 Å². The van der Waals surface area contributed by atoms with Crippen LogP contribution in [0.25, 0.3) is 0 Å². The van der Waals surface area contributed by atoms with Crippen LogP contribution in [0.3, 0.4) is 0 Å². The zero-order chi connectivity index (χ0) is 11.1. The molecule has 0 unspecified atom stereocenters. The van der Waals surface area contributed by atoms with E-state index in [4.69, 9.17) is 5.73 Å². The van der Waals surface area contributed by atoms with Crippen LogP contribution >= 0.6 is 12.4 Å². The van der Waals surface area contributed by atoms with Gasteiger partial charge in [0.25, 0.3) is 0 Å². The van der Waals surface area contributed by atoms with Crippen LogP contribution < -0.4 is 5.73 Å². The zero-order valence-electron chi connectivity index (χ0n) is 9.84. The van der Waals surface area contributed by atoms with Crippen molar-refractivity contribution in [2.75, 3.05) is 0 Å². The van der Waals surface area contributed by atoms with Crippen molar-refractivity contribution in [1.29, 1.82) is 0 Å². The van der Waals surface area contributed by atoms with Crippen molar-refractivity contribution in [2.24, 2.45) is 5.73 Å². The molecule has 1 aromatic rings. The Balaban J connectivity index is 0.00000225. The Kier molecular flexibility index (Phi) is 8.22. The van der Waals surface area contributed by atoms with Crippen LogP contribution in [0.15, 0.2) is 18.2 Å². The van der Waals surface area contributed by atoms with E-state index in [1.807, 2.05) is 12.1 Å². The van der Waals surface area contributed by atoms with Crippen molar-refractivity contribution < 1.29 is 4.39 Å². The van der Waals surface area contributed by atoms with Gasteiger partial charge in [0.15, 0.2) is 0 Å². The lowest BCUT2D eigenvalue weighted by Crippen LogP contribution is -2.02. The highest BCUT2D eigenvalue weighted by molar-refractivity contribution is 5.85. The van der Waals surface area contributed by atoms with E-state index in [-0.39, 0.29) is 24.8 Å². The molecule has 1 aromatic carbocycles. The quantitative estimate of drug-likeness (QED) is 0.758. The van der Waals surface area contributed by atoms with Gasteiger partial charge in [-0.05, 0) is 18.4 Å². The highest BCUT2D eigenvalue weighted by atomic mass is 35.5. The molecular weight excluding hydrogens is 225 g/mol. The fourth-order valence-electron chi connectivity index (χ4n) is 1.73. The third kappa shape index (κ3) is 4.50. The number of nitrogens with two attached hydrogens (primary N) is 1. The van der Waals surface area contributed by atoms with Gasteiger partial charge in [-0.1, -0.05) is 44.4 Å². The van der Waals surface area contributed by atoms with Crippen molar-refractivity contribution in [3.63, 3.8) is 0 Å². The van der Waals surface area contributed by atoms with Gasteiger partial charge in [0, 0.05) is 12.1 Å². The second-order valence-corrected chi connectivity index (χ2v) is 3.91. The van der Waals surface area contributed by atoms with Crippen molar-refractivity contribution >= 4 is 12.4 Å². The molecule has 0 bridgehead atoms. The number of halogens is 2. The maximum absolute atomic E-state index is 13.7. The topological polar surface area (TPSA) is 26.0 Å². The molecule has 0 aliphatic heterocycles. The highest BCUT2D eigenvalue weighted by Gasteiger charge is 2.05.